The summed E-state index contributed by atoms with van der Waals surface area (Å²) in [7, 11) is 0. The Kier molecular flexibility index (Phi) is 6.87. The van der Waals surface area contributed by atoms with Gasteiger partial charge in [0.2, 0.25) is 0 Å². The van der Waals surface area contributed by atoms with Gasteiger partial charge in [0.05, 0.1) is 18.4 Å². The van der Waals surface area contributed by atoms with E-state index in [-0.39, 0.29) is 30.9 Å². The zero-order valence-electron chi connectivity index (χ0n) is 25.5. The summed E-state index contributed by atoms with van der Waals surface area (Å²) in [4.78, 5) is 26.5. The molecule has 0 radical (unpaired) electrons. The van der Waals surface area contributed by atoms with Crippen LogP contribution < -0.4 is 0 Å². The maximum absolute atomic E-state index is 13.7. The van der Waals surface area contributed by atoms with Gasteiger partial charge in [-0.3, -0.25) is 9.59 Å². The smallest absolute Gasteiger partial charge is 0.310 e. The maximum Gasteiger partial charge on any atom is 0.310 e. The average molecular weight is 619 g/mol. The van der Waals surface area contributed by atoms with E-state index in [1.807, 2.05) is 49.4 Å². The van der Waals surface area contributed by atoms with Gasteiger partial charge in [0.1, 0.15) is 23.9 Å². The molecular formula is C36H36F2O7. The van der Waals surface area contributed by atoms with E-state index in [9.17, 15) is 23.5 Å². The Hall–Kier alpha value is -3.50. The number of carbonyl (C=O) groups is 2. The summed E-state index contributed by atoms with van der Waals surface area (Å²) < 4.78 is 53.4. The van der Waals surface area contributed by atoms with Crippen molar-refractivity contribution in [1.29, 1.82) is 0 Å². The molecule has 7 nitrogen and oxygen atoms in total. The molecule has 2 aliphatic heterocycles. The fourth-order valence-corrected chi connectivity index (χ4v) is 8.53. The minimum atomic E-state index is -1.85. The molecule has 3 fully saturated rings. The molecule has 45 heavy (non-hydrogen) atoms. The van der Waals surface area contributed by atoms with Crippen molar-refractivity contribution in [3.8, 4) is 0 Å². The molecule has 3 aliphatic carbocycles. The summed E-state index contributed by atoms with van der Waals surface area (Å²) in [5.74, 6) is -6.01. The molecule has 5 aliphatic rings. The highest BCUT2D eigenvalue weighted by atomic mass is 19.2. The van der Waals surface area contributed by atoms with Crippen LogP contribution in [0.2, 0.25) is 0 Å². The number of ketones is 1. The highest BCUT2D eigenvalue weighted by molar-refractivity contribution is 6.04. The van der Waals surface area contributed by atoms with Crippen LogP contribution in [0.1, 0.15) is 44.7 Å². The predicted octanol–water partition coefficient (Wildman–Crippen LogP) is 5.31. The molecule has 2 aromatic rings. The van der Waals surface area contributed by atoms with Gasteiger partial charge in [-0.05, 0) is 66.2 Å². The molecule has 9 heteroatoms. The van der Waals surface area contributed by atoms with Crippen LogP contribution in [0.5, 0.6) is 0 Å². The number of esters is 1. The van der Waals surface area contributed by atoms with E-state index in [4.69, 9.17) is 18.9 Å². The number of halogens is 2. The van der Waals surface area contributed by atoms with Crippen molar-refractivity contribution < 1.29 is 42.4 Å². The van der Waals surface area contributed by atoms with Gasteiger partial charge in [0, 0.05) is 18.3 Å². The molecule has 7 rings (SSSR count). The zero-order chi connectivity index (χ0) is 31.9. The standard InChI is InChI=1S/C36H36F2O7/c1-20(2)34-16-22(4)36-26(32(34)43-35(44-34,45-36)18-23-8-6-5-7-9-23)13-25(17-33(41)29(36)12-21(3)31(33)40)19-42-30(39)15-24-10-11-27(37)28(38)14-24/h5-14,22,26,29,32,41H,1,15-19H2,2-4H3/t22-,26+,29-,32-,33-,34+,35?,36-/m1/s1. The SMILES string of the molecule is C=C(C)[C@@]12C[C@@H](C)[C@@]34OC(Cc5ccccc5)(O[C@@H]1[C@@H]3C=C(COC(=O)Cc1ccc(F)c(F)c1)C[C@]1(O)C(=O)C(C)=C[C@@H]41)O2. The van der Waals surface area contributed by atoms with E-state index < -0.39 is 64.1 Å². The van der Waals surface area contributed by atoms with Crippen molar-refractivity contribution in [2.24, 2.45) is 17.8 Å². The lowest BCUT2D eigenvalue weighted by molar-refractivity contribution is -0.421. The fraction of sp³-hybridized carbons (Fsp3) is 0.444. The number of fused-ring (bicyclic) bond motifs is 2. The first-order valence-electron chi connectivity index (χ1n) is 15.3. The molecule has 1 saturated carbocycles. The van der Waals surface area contributed by atoms with Crippen molar-refractivity contribution in [2.75, 3.05) is 6.61 Å². The number of aliphatic hydroxyl groups is 1. The largest absolute Gasteiger partial charge is 0.461 e. The van der Waals surface area contributed by atoms with Gasteiger partial charge in [-0.1, -0.05) is 62.1 Å². The Morgan fingerprint density at radius 2 is 1.84 bits per heavy atom. The Labute approximate surface area is 260 Å². The summed E-state index contributed by atoms with van der Waals surface area (Å²) in [6.07, 6.45) is 3.66. The van der Waals surface area contributed by atoms with Crippen LogP contribution in [0.15, 0.2) is 84.0 Å². The number of benzene rings is 2. The van der Waals surface area contributed by atoms with E-state index in [0.717, 1.165) is 23.3 Å². The summed E-state index contributed by atoms with van der Waals surface area (Å²) >= 11 is 0. The van der Waals surface area contributed by atoms with Gasteiger partial charge < -0.3 is 24.1 Å². The molecule has 0 aromatic heterocycles. The third-order valence-electron chi connectivity index (χ3n) is 10.5. The Balaban J connectivity index is 1.28. The van der Waals surface area contributed by atoms with Crippen LogP contribution in [0, 0.1) is 29.4 Å². The highest BCUT2D eigenvalue weighted by Gasteiger charge is 2.79. The highest BCUT2D eigenvalue weighted by Crippen LogP contribution is 2.68. The van der Waals surface area contributed by atoms with Crippen molar-refractivity contribution in [3.63, 3.8) is 0 Å². The van der Waals surface area contributed by atoms with Crippen LogP contribution in [-0.2, 0) is 41.4 Å². The molecule has 1 N–H and O–H groups in total. The Morgan fingerprint density at radius 3 is 2.56 bits per heavy atom. The van der Waals surface area contributed by atoms with Crippen LogP contribution in [-0.4, -0.2) is 52.3 Å². The molecule has 8 atom stereocenters. The average Bonchev–Trinajstić information content (AvgIpc) is 3.30. The number of hydrogen-bond acceptors (Lipinski definition) is 7. The van der Waals surface area contributed by atoms with Crippen LogP contribution in [0.4, 0.5) is 8.78 Å². The number of rotatable bonds is 7. The molecule has 0 amide bonds. The third kappa shape index (κ3) is 4.42. The number of carbonyl (C=O) groups excluding carboxylic acids is 2. The second-order valence-electron chi connectivity index (χ2n) is 13.4. The Bertz CT molecular complexity index is 1670. The Morgan fingerprint density at radius 1 is 1.09 bits per heavy atom. The lowest BCUT2D eigenvalue weighted by atomic mass is 9.55. The minimum absolute atomic E-state index is 0.0730. The first kappa shape index (κ1) is 30.2. The quantitative estimate of drug-likeness (QED) is 0.332. The molecule has 1 unspecified atom stereocenters. The maximum atomic E-state index is 13.7. The van der Waals surface area contributed by atoms with Crippen LogP contribution >= 0.6 is 0 Å². The van der Waals surface area contributed by atoms with Gasteiger partial charge >= 0.3 is 5.97 Å². The second-order valence-corrected chi connectivity index (χ2v) is 13.4. The molecule has 236 valence electrons. The normalized spacial score (nSPS) is 37.8. The molecule has 2 aromatic carbocycles. The van der Waals surface area contributed by atoms with Crippen molar-refractivity contribution in [2.45, 2.75) is 75.3 Å². The van der Waals surface area contributed by atoms with Gasteiger partial charge in [0.15, 0.2) is 17.4 Å². The summed E-state index contributed by atoms with van der Waals surface area (Å²) in [5.41, 5.74) is -0.868. The lowest BCUT2D eigenvalue weighted by Crippen LogP contribution is -2.70. The second kappa shape index (κ2) is 10.3. The summed E-state index contributed by atoms with van der Waals surface area (Å²) in [5, 5.41) is 12.3. The summed E-state index contributed by atoms with van der Waals surface area (Å²) in [6, 6.07) is 13.0. The van der Waals surface area contributed by atoms with E-state index in [1.54, 1.807) is 6.92 Å². The first-order valence-corrected chi connectivity index (χ1v) is 15.3. The first-order chi connectivity index (χ1) is 21.3. The van der Waals surface area contributed by atoms with Gasteiger partial charge in [-0.25, -0.2) is 8.78 Å². The van der Waals surface area contributed by atoms with Gasteiger partial charge in [0.25, 0.3) is 5.97 Å². The molecule has 2 heterocycles. The molecular weight excluding hydrogens is 582 g/mol. The lowest BCUT2D eigenvalue weighted by Gasteiger charge is -2.59. The monoisotopic (exact) mass is 618 g/mol. The van der Waals surface area contributed by atoms with E-state index >= 15 is 0 Å². The van der Waals surface area contributed by atoms with Gasteiger partial charge in [-0.2, -0.15) is 0 Å². The molecule has 2 saturated heterocycles. The van der Waals surface area contributed by atoms with E-state index in [0.29, 0.717) is 24.0 Å². The van der Waals surface area contributed by atoms with Gasteiger partial charge in [-0.15, -0.1) is 0 Å². The number of ether oxygens (including phenoxy) is 4. The van der Waals surface area contributed by atoms with Crippen LogP contribution in [0.25, 0.3) is 0 Å². The van der Waals surface area contributed by atoms with E-state index in [2.05, 4.69) is 13.5 Å². The van der Waals surface area contributed by atoms with Crippen LogP contribution in [0.3, 0.4) is 0 Å². The molecule has 3 bridgehead atoms. The summed E-state index contributed by atoms with van der Waals surface area (Å²) in [6.45, 7) is 9.77. The topological polar surface area (TPSA) is 91.3 Å². The number of hydrogen-bond donors (Lipinski definition) is 1. The predicted molar refractivity (Wildman–Crippen MR) is 158 cm³/mol. The fourth-order valence-electron chi connectivity index (χ4n) is 8.53. The minimum Gasteiger partial charge on any atom is -0.461 e. The number of Topliss-reactive ketones (excluding diaryl/α,β-unsaturated/α-hetero) is 1. The van der Waals surface area contributed by atoms with Crippen molar-refractivity contribution in [1.82, 2.24) is 0 Å². The van der Waals surface area contributed by atoms with E-state index in [1.165, 1.54) is 6.07 Å². The van der Waals surface area contributed by atoms with Crippen molar-refractivity contribution >= 4 is 11.8 Å². The molecule has 0 spiro atoms. The third-order valence-corrected chi connectivity index (χ3v) is 10.5. The van der Waals surface area contributed by atoms with Crippen molar-refractivity contribution in [3.05, 3.63) is 107 Å². The zero-order valence-corrected chi connectivity index (χ0v) is 25.5.